The van der Waals surface area contributed by atoms with Crippen molar-refractivity contribution in [3.05, 3.63) is 0 Å². The van der Waals surface area contributed by atoms with Gasteiger partial charge in [-0.15, -0.1) is 0 Å². The van der Waals surface area contributed by atoms with E-state index in [4.69, 9.17) is 0 Å². The molecule has 4 heteroatoms. The van der Waals surface area contributed by atoms with E-state index in [2.05, 4.69) is 13.8 Å². The molecule has 0 aromatic rings. The molecule has 0 aliphatic carbocycles. The summed E-state index contributed by atoms with van der Waals surface area (Å²) in [7, 11) is 0. The van der Waals surface area contributed by atoms with Crippen molar-refractivity contribution in [3.63, 3.8) is 0 Å². The second-order valence-electron chi connectivity index (χ2n) is 8.53. The molecule has 0 radical (unpaired) electrons. The molecule has 0 aliphatic heterocycles. The minimum atomic E-state index is -1.21. The van der Waals surface area contributed by atoms with Crippen LogP contribution in [0.15, 0.2) is 0 Å². The number of unbranched alkanes of at least 4 members (excludes halogenated alkanes) is 12. The molecule has 0 amide bonds. The van der Waals surface area contributed by atoms with Gasteiger partial charge in [0, 0.05) is 0 Å². The van der Waals surface area contributed by atoms with Crippen LogP contribution in [0.2, 0.25) is 0 Å². The maximum Gasteiger partial charge on any atom is 0.0770 e. The maximum atomic E-state index is 11.3. The summed E-state index contributed by atoms with van der Waals surface area (Å²) in [4.78, 5) is 0. The van der Waals surface area contributed by atoms with E-state index in [1.807, 2.05) is 0 Å². The molecule has 164 valence electrons. The monoisotopic (exact) mass is 388 g/mol. The lowest BCUT2D eigenvalue weighted by Crippen LogP contribution is -2.55. The highest BCUT2D eigenvalue weighted by Crippen LogP contribution is 2.39. The van der Waals surface area contributed by atoms with E-state index < -0.39 is 11.0 Å². The van der Waals surface area contributed by atoms with Crippen molar-refractivity contribution in [1.82, 2.24) is 0 Å². The van der Waals surface area contributed by atoms with Crippen LogP contribution in [0.3, 0.4) is 0 Å². The average molecular weight is 389 g/mol. The zero-order valence-corrected chi connectivity index (χ0v) is 18.2. The Morgan fingerprint density at radius 3 is 1.07 bits per heavy atom. The lowest BCUT2D eigenvalue weighted by molar-refractivity contribution is -0.162. The number of rotatable bonds is 20. The van der Waals surface area contributed by atoms with Crippen LogP contribution in [0.25, 0.3) is 0 Å². The Balaban J connectivity index is 4.49. The largest absolute Gasteiger partial charge is 0.395 e. The number of aliphatic hydroxyl groups is 4. The summed E-state index contributed by atoms with van der Waals surface area (Å²) in [5.74, 6) is 0. The average Bonchev–Trinajstić information content (AvgIpc) is 2.68. The minimum Gasteiger partial charge on any atom is -0.395 e. The fourth-order valence-corrected chi connectivity index (χ4v) is 4.00. The second kappa shape index (κ2) is 16.8. The molecule has 0 aliphatic rings. The van der Waals surface area contributed by atoms with Gasteiger partial charge in [0.25, 0.3) is 0 Å². The summed E-state index contributed by atoms with van der Waals surface area (Å²) in [6.07, 6.45) is 17.3. The van der Waals surface area contributed by atoms with Crippen molar-refractivity contribution in [1.29, 1.82) is 0 Å². The fourth-order valence-electron chi connectivity index (χ4n) is 4.00. The predicted octanol–water partition coefficient (Wildman–Crippen LogP) is 4.96. The minimum absolute atomic E-state index is 0.385. The molecular formula is C23H48O4. The van der Waals surface area contributed by atoms with E-state index in [1.165, 1.54) is 51.4 Å². The number of hydrogen-bond donors (Lipinski definition) is 4. The first-order chi connectivity index (χ1) is 13.1. The third-order valence-corrected chi connectivity index (χ3v) is 6.28. The first-order valence-corrected chi connectivity index (χ1v) is 11.6. The smallest absolute Gasteiger partial charge is 0.0770 e. The lowest BCUT2D eigenvalue weighted by Gasteiger charge is -2.44. The van der Waals surface area contributed by atoms with Gasteiger partial charge in [-0.2, -0.15) is 0 Å². The standard InChI is InChI=1S/C23H48O4/c1-3-5-7-9-11-13-15-17-23(27,22(19-24,20-25)21-26)18-16-14-12-10-8-6-4-2/h24-27H,3-21H2,1-2H3. The van der Waals surface area contributed by atoms with Gasteiger partial charge in [0.2, 0.25) is 0 Å². The summed E-state index contributed by atoms with van der Waals surface area (Å²) in [5, 5.41) is 40.8. The molecule has 0 saturated carbocycles. The van der Waals surface area contributed by atoms with Gasteiger partial charge >= 0.3 is 0 Å². The summed E-state index contributed by atoms with van der Waals surface area (Å²) in [6.45, 7) is 3.26. The Hall–Kier alpha value is -0.160. The number of aliphatic hydroxyl groups excluding tert-OH is 3. The second-order valence-corrected chi connectivity index (χ2v) is 8.53. The van der Waals surface area contributed by atoms with Crippen LogP contribution in [0, 0.1) is 5.41 Å². The van der Waals surface area contributed by atoms with Crippen LogP contribution in [0.1, 0.15) is 117 Å². The molecule has 0 spiro atoms. The Morgan fingerprint density at radius 1 is 0.481 bits per heavy atom. The van der Waals surface area contributed by atoms with Crippen molar-refractivity contribution in [2.75, 3.05) is 19.8 Å². The van der Waals surface area contributed by atoms with Gasteiger partial charge in [-0.25, -0.2) is 0 Å². The van der Waals surface area contributed by atoms with Crippen molar-refractivity contribution < 1.29 is 20.4 Å². The van der Waals surface area contributed by atoms with E-state index in [0.717, 1.165) is 38.5 Å². The Bertz CT molecular complexity index is 289. The molecule has 4 N–H and O–H groups in total. The maximum absolute atomic E-state index is 11.3. The molecular weight excluding hydrogens is 340 g/mol. The van der Waals surface area contributed by atoms with Crippen LogP contribution < -0.4 is 0 Å². The van der Waals surface area contributed by atoms with Crippen LogP contribution in [-0.2, 0) is 0 Å². The van der Waals surface area contributed by atoms with Gasteiger partial charge < -0.3 is 20.4 Å². The van der Waals surface area contributed by atoms with E-state index >= 15 is 0 Å². The molecule has 0 rings (SSSR count). The third kappa shape index (κ3) is 10.3. The molecule has 0 heterocycles. The third-order valence-electron chi connectivity index (χ3n) is 6.28. The molecule has 27 heavy (non-hydrogen) atoms. The zero-order chi connectivity index (χ0) is 20.4. The van der Waals surface area contributed by atoms with Gasteiger partial charge in [0.05, 0.1) is 30.8 Å². The topological polar surface area (TPSA) is 80.9 Å². The van der Waals surface area contributed by atoms with E-state index in [-0.39, 0.29) is 19.8 Å². The van der Waals surface area contributed by atoms with Crippen LogP contribution >= 0.6 is 0 Å². The summed E-state index contributed by atoms with van der Waals surface area (Å²) < 4.78 is 0. The van der Waals surface area contributed by atoms with Crippen molar-refractivity contribution in [3.8, 4) is 0 Å². The summed E-state index contributed by atoms with van der Waals surface area (Å²) in [5.41, 5.74) is -2.41. The molecule has 0 fully saturated rings. The predicted molar refractivity (Wildman–Crippen MR) is 114 cm³/mol. The van der Waals surface area contributed by atoms with E-state index in [1.54, 1.807) is 0 Å². The van der Waals surface area contributed by atoms with Gasteiger partial charge in [-0.1, -0.05) is 104 Å². The molecule has 0 unspecified atom stereocenters. The Kier molecular flexibility index (Phi) is 16.7. The lowest BCUT2D eigenvalue weighted by atomic mass is 9.68. The highest BCUT2D eigenvalue weighted by Gasteiger charge is 2.48. The molecule has 0 atom stereocenters. The Labute approximate surface area is 168 Å². The molecule has 0 aromatic heterocycles. The fraction of sp³-hybridized carbons (Fsp3) is 1.00. The molecule has 4 nitrogen and oxygen atoms in total. The SMILES string of the molecule is CCCCCCCCCC(O)(CCCCCCCCC)C(CO)(CO)CO. The van der Waals surface area contributed by atoms with Crippen LogP contribution in [0.5, 0.6) is 0 Å². The Morgan fingerprint density at radius 2 is 0.778 bits per heavy atom. The van der Waals surface area contributed by atoms with Crippen molar-refractivity contribution in [2.24, 2.45) is 5.41 Å². The highest BCUT2D eigenvalue weighted by molar-refractivity contribution is 4.98. The molecule has 0 aromatic carbocycles. The van der Waals surface area contributed by atoms with E-state index in [0.29, 0.717) is 12.8 Å². The summed E-state index contributed by atoms with van der Waals surface area (Å²) in [6, 6.07) is 0. The number of hydrogen-bond acceptors (Lipinski definition) is 4. The van der Waals surface area contributed by atoms with Gasteiger partial charge in [0.15, 0.2) is 0 Å². The highest BCUT2D eigenvalue weighted by atomic mass is 16.3. The summed E-state index contributed by atoms with van der Waals surface area (Å²) >= 11 is 0. The molecule has 0 saturated heterocycles. The van der Waals surface area contributed by atoms with Gasteiger partial charge in [0.1, 0.15) is 0 Å². The van der Waals surface area contributed by atoms with Crippen molar-refractivity contribution >= 4 is 0 Å². The van der Waals surface area contributed by atoms with Crippen LogP contribution in [0.4, 0.5) is 0 Å². The van der Waals surface area contributed by atoms with Crippen molar-refractivity contribution in [2.45, 2.75) is 122 Å². The normalized spacial score (nSPS) is 12.7. The van der Waals surface area contributed by atoms with Gasteiger partial charge in [-0.05, 0) is 12.8 Å². The van der Waals surface area contributed by atoms with Gasteiger partial charge in [-0.3, -0.25) is 0 Å². The first-order valence-electron chi connectivity index (χ1n) is 11.6. The first kappa shape index (κ1) is 26.8. The molecule has 0 bridgehead atoms. The van der Waals surface area contributed by atoms with E-state index in [9.17, 15) is 20.4 Å². The zero-order valence-electron chi connectivity index (χ0n) is 18.2. The van der Waals surface area contributed by atoms with Crippen LogP contribution in [-0.4, -0.2) is 45.8 Å². The quantitative estimate of drug-likeness (QED) is 0.222.